The zero-order valence-corrected chi connectivity index (χ0v) is 19.5. The number of rotatable bonds is 5. The van der Waals surface area contributed by atoms with Crippen LogP contribution in [0.5, 0.6) is 0 Å². The van der Waals surface area contributed by atoms with Crippen LogP contribution in [0.4, 0.5) is 5.82 Å². The molecule has 33 heavy (non-hydrogen) atoms. The van der Waals surface area contributed by atoms with Gasteiger partial charge in [-0.3, -0.25) is 14.5 Å². The van der Waals surface area contributed by atoms with E-state index in [-0.39, 0.29) is 12.2 Å². The molecule has 1 aliphatic heterocycles. The number of hydrogen-bond donors (Lipinski definition) is 0. The van der Waals surface area contributed by atoms with Crippen molar-refractivity contribution in [1.29, 1.82) is 0 Å². The van der Waals surface area contributed by atoms with E-state index in [4.69, 9.17) is 11.6 Å². The fourth-order valence-corrected chi connectivity index (χ4v) is 4.52. The summed E-state index contributed by atoms with van der Waals surface area (Å²) in [5, 5.41) is 6.74. The summed E-state index contributed by atoms with van der Waals surface area (Å²) in [4.78, 5) is 26.6. The number of ketones is 1. The number of aryl methyl sites for hydroxylation is 1. The van der Waals surface area contributed by atoms with Crippen LogP contribution < -0.4 is 4.90 Å². The van der Waals surface area contributed by atoms with Crippen molar-refractivity contribution in [3.63, 3.8) is 0 Å². The van der Waals surface area contributed by atoms with E-state index < -0.39 is 0 Å². The predicted octanol–water partition coefficient (Wildman–Crippen LogP) is 3.86. The van der Waals surface area contributed by atoms with Gasteiger partial charge in [0.1, 0.15) is 5.82 Å². The number of likely N-dealkylation sites (N-methyl/N-ethyl adjacent to an activating group) is 1. The van der Waals surface area contributed by atoms with Crippen LogP contribution >= 0.6 is 11.6 Å². The van der Waals surface area contributed by atoms with E-state index in [0.29, 0.717) is 22.1 Å². The molecule has 168 valence electrons. The van der Waals surface area contributed by atoms with E-state index in [0.717, 1.165) is 48.1 Å². The number of fused-ring (bicyclic) bond motifs is 1. The second-order valence-electron chi connectivity index (χ2n) is 8.53. The molecular formula is C25H25ClN6O. The standard InChI is InChI=1S/C25H25ClN6O/c1-30-7-9-32(10-8-30)25-24(26)22(5-6-27-25)23(33)13-21-12-19-11-17(3-4-18(19)14-28-21)20-15-29-31(2)16-20/h3-6,11-12,14-16H,7-10,13H2,1-2H3. The number of carbonyl (C=O) groups is 1. The van der Waals surface area contributed by atoms with Gasteiger partial charge >= 0.3 is 0 Å². The minimum atomic E-state index is -0.0620. The molecule has 0 N–H and O–H groups in total. The lowest BCUT2D eigenvalue weighted by Crippen LogP contribution is -2.45. The Morgan fingerprint density at radius 2 is 1.79 bits per heavy atom. The molecule has 1 aromatic carbocycles. The molecule has 4 heterocycles. The lowest BCUT2D eigenvalue weighted by molar-refractivity contribution is 0.0992. The Hall–Kier alpha value is -3.29. The van der Waals surface area contributed by atoms with Crippen molar-refractivity contribution >= 4 is 34.0 Å². The first-order valence-corrected chi connectivity index (χ1v) is 11.3. The van der Waals surface area contributed by atoms with Gasteiger partial charge in [0.05, 0.1) is 17.6 Å². The molecule has 1 fully saturated rings. The topological polar surface area (TPSA) is 67.2 Å². The number of carbonyl (C=O) groups excluding carboxylic acids is 1. The van der Waals surface area contributed by atoms with Crippen molar-refractivity contribution in [2.45, 2.75) is 6.42 Å². The average molecular weight is 461 g/mol. The highest BCUT2D eigenvalue weighted by atomic mass is 35.5. The number of halogens is 1. The first-order valence-electron chi connectivity index (χ1n) is 11.0. The SMILES string of the molecule is CN1CCN(c2nccc(C(=O)Cc3cc4cc(-c5cnn(C)c5)ccc4cn3)c2Cl)CC1. The Morgan fingerprint density at radius 1 is 0.970 bits per heavy atom. The van der Waals surface area contributed by atoms with E-state index in [1.807, 2.05) is 37.8 Å². The molecular weight excluding hydrogens is 436 g/mol. The second-order valence-corrected chi connectivity index (χ2v) is 8.90. The summed E-state index contributed by atoms with van der Waals surface area (Å²) in [6, 6.07) is 9.88. The smallest absolute Gasteiger partial charge is 0.170 e. The summed E-state index contributed by atoms with van der Waals surface area (Å²) in [5.74, 6) is 0.622. The summed E-state index contributed by atoms with van der Waals surface area (Å²) in [6.45, 7) is 3.56. The van der Waals surface area contributed by atoms with Crippen molar-refractivity contribution in [3.05, 3.63) is 71.4 Å². The van der Waals surface area contributed by atoms with Crippen LogP contribution in [0.25, 0.3) is 21.9 Å². The van der Waals surface area contributed by atoms with Crippen molar-refractivity contribution in [3.8, 4) is 11.1 Å². The third-order valence-corrected chi connectivity index (χ3v) is 6.50. The number of Topliss-reactive ketones (excluding diaryl/α,β-unsaturated/α-hetero) is 1. The van der Waals surface area contributed by atoms with E-state index in [2.05, 4.69) is 44.0 Å². The predicted molar refractivity (Wildman–Crippen MR) is 131 cm³/mol. The Balaban J connectivity index is 1.39. The van der Waals surface area contributed by atoms with Crippen LogP contribution in [-0.2, 0) is 13.5 Å². The minimum Gasteiger partial charge on any atom is -0.353 e. The van der Waals surface area contributed by atoms with Gasteiger partial charge in [0.2, 0.25) is 0 Å². The molecule has 0 bridgehead atoms. The van der Waals surface area contributed by atoms with Crippen LogP contribution in [0.3, 0.4) is 0 Å². The van der Waals surface area contributed by atoms with E-state index in [1.165, 1.54) is 0 Å². The molecule has 5 rings (SSSR count). The highest BCUT2D eigenvalue weighted by Gasteiger charge is 2.22. The Morgan fingerprint density at radius 3 is 2.55 bits per heavy atom. The van der Waals surface area contributed by atoms with E-state index in [9.17, 15) is 4.79 Å². The number of benzene rings is 1. The maximum Gasteiger partial charge on any atom is 0.170 e. The Bertz CT molecular complexity index is 1330. The van der Waals surface area contributed by atoms with Crippen LogP contribution in [-0.4, -0.2) is 63.7 Å². The monoisotopic (exact) mass is 460 g/mol. The fraction of sp³-hybridized carbons (Fsp3) is 0.280. The third-order valence-electron chi connectivity index (χ3n) is 6.13. The molecule has 0 spiro atoms. The third kappa shape index (κ3) is 4.47. The summed E-state index contributed by atoms with van der Waals surface area (Å²) >= 11 is 6.66. The molecule has 0 unspecified atom stereocenters. The Labute approximate surface area is 197 Å². The lowest BCUT2D eigenvalue weighted by atomic mass is 10.0. The summed E-state index contributed by atoms with van der Waals surface area (Å²) < 4.78 is 1.78. The summed E-state index contributed by atoms with van der Waals surface area (Å²) in [6.07, 6.45) is 7.49. The molecule has 0 aliphatic carbocycles. The molecule has 0 saturated carbocycles. The van der Waals surface area contributed by atoms with Gasteiger partial charge < -0.3 is 9.80 Å². The lowest BCUT2D eigenvalue weighted by Gasteiger charge is -2.33. The van der Waals surface area contributed by atoms with Crippen molar-refractivity contribution in [2.24, 2.45) is 7.05 Å². The normalized spacial score (nSPS) is 14.7. The van der Waals surface area contributed by atoms with Gasteiger partial charge in [-0.2, -0.15) is 5.10 Å². The van der Waals surface area contributed by atoms with Gasteiger partial charge in [-0.15, -0.1) is 0 Å². The first kappa shape index (κ1) is 21.6. The maximum absolute atomic E-state index is 13.2. The van der Waals surface area contributed by atoms with Gasteiger partial charge in [-0.1, -0.05) is 23.7 Å². The number of nitrogens with zero attached hydrogens (tertiary/aromatic N) is 6. The Kier molecular flexibility index (Phi) is 5.83. The molecule has 0 atom stereocenters. The quantitative estimate of drug-likeness (QED) is 0.421. The molecule has 4 aromatic rings. The highest BCUT2D eigenvalue weighted by molar-refractivity contribution is 6.36. The van der Waals surface area contributed by atoms with Crippen molar-refractivity contribution < 1.29 is 4.79 Å². The molecule has 8 heteroatoms. The molecule has 0 amide bonds. The largest absolute Gasteiger partial charge is 0.353 e. The van der Waals surface area contributed by atoms with Crippen LogP contribution in [0, 0.1) is 0 Å². The average Bonchev–Trinajstić information content (AvgIpc) is 3.25. The number of pyridine rings is 2. The number of hydrogen-bond acceptors (Lipinski definition) is 6. The summed E-state index contributed by atoms with van der Waals surface area (Å²) in [7, 11) is 4.00. The highest BCUT2D eigenvalue weighted by Crippen LogP contribution is 2.29. The molecule has 0 radical (unpaired) electrons. The fourth-order valence-electron chi connectivity index (χ4n) is 4.18. The number of anilines is 1. The van der Waals surface area contributed by atoms with Gasteiger partial charge in [0, 0.05) is 74.0 Å². The van der Waals surface area contributed by atoms with Crippen molar-refractivity contribution in [1.82, 2.24) is 24.6 Å². The zero-order valence-electron chi connectivity index (χ0n) is 18.7. The first-order chi connectivity index (χ1) is 16.0. The molecule has 1 saturated heterocycles. The molecule has 1 aliphatic rings. The van der Waals surface area contributed by atoms with Crippen LogP contribution in [0.15, 0.2) is 55.1 Å². The van der Waals surface area contributed by atoms with E-state index >= 15 is 0 Å². The number of aromatic nitrogens is 4. The maximum atomic E-state index is 13.2. The zero-order chi connectivity index (χ0) is 22.9. The van der Waals surface area contributed by atoms with Crippen molar-refractivity contribution in [2.75, 3.05) is 38.1 Å². The molecule has 3 aromatic heterocycles. The van der Waals surface area contributed by atoms with E-state index in [1.54, 1.807) is 16.9 Å². The summed E-state index contributed by atoms with van der Waals surface area (Å²) in [5.41, 5.74) is 3.33. The van der Waals surface area contributed by atoms with Gasteiger partial charge in [-0.05, 0) is 36.2 Å². The number of piperazine rings is 1. The molecule has 7 nitrogen and oxygen atoms in total. The van der Waals surface area contributed by atoms with Gasteiger partial charge in [-0.25, -0.2) is 4.98 Å². The van der Waals surface area contributed by atoms with Crippen LogP contribution in [0.1, 0.15) is 16.1 Å². The second kappa shape index (κ2) is 8.92. The van der Waals surface area contributed by atoms with Crippen LogP contribution in [0.2, 0.25) is 5.02 Å². The van der Waals surface area contributed by atoms with Gasteiger partial charge in [0.15, 0.2) is 5.78 Å². The van der Waals surface area contributed by atoms with Gasteiger partial charge in [0.25, 0.3) is 0 Å². The minimum absolute atomic E-state index is 0.0620.